The summed E-state index contributed by atoms with van der Waals surface area (Å²) in [7, 11) is 0. The van der Waals surface area contributed by atoms with E-state index in [2.05, 4.69) is 48.2 Å². The zero-order valence-corrected chi connectivity index (χ0v) is 17.7. The molecular formula is C25H32ClNO. The first-order valence-corrected chi connectivity index (χ1v) is 10.8. The maximum Gasteiger partial charge on any atom is 0.115 e. The highest BCUT2D eigenvalue weighted by Gasteiger charge is 2.53. The summed E-state index contributed by atoms with van der Waals surface area (Å²) in [6, 6.07) is 15.9. The second kappa shape index (κ2) is 7.72. The molecule has 2 aromatic carbocycles. The van der Waals surface area contributed by atoms with Crippen molar-refractivity contribution in [3.8, 4) is 5.75 Å². The Kier molecular flexibility index (Phi) is 5.46. The van der Waals surface area contributed by atoms with E-state index >= 15 is 0 Å². The maximum atomic E-state index is 10.1. The van der Waals surface area contributed by atoms with Gasteiger partial charge >= 0.3 is 0 Å². The average Bonchev–Trinajstić information content (AvgIpc) is 2.69. The van der Waals surface area contributed by atoms with Crippen molar-refractivity contribution < 1.29 is 5.11 Å². The largest absolute Gasteiger partial charge is 0.508 e. The van der Waals surface area contributed by atoms with E-state index in [0.717, 1.165) is 18.8 Å². The van der Waals surface area contributed by atoms with Gasteiger partial charge in [-0.1, -0.05) is 48.7 Å². The molecule has 0 unspecified atom stereocenters. The Balaban J connectivity index is 0.00000192. The fraction of sp³-hybridized carbons (Fsp3) is 0.520. The van der Waals surface area contributed by atoms with Crippen LogP contribution in [0.2, 0.25) is 0 Å². The lowest BCUT2D eigenvalue weighted by Crippen LogP contribution is -2.61. The summed E-state index contributed by atoms with van der Waals surface area (Å²) in [5, 5.41) is 10.1. The van der Waals surface area contributed by atoms with E-state index in [9.17, 15) is 5.11 Å². The molecule has 2 nitrogen and oxygen atoms in total. The second-order valence-electron chi connectivity index (χ2n) is 9.14. The molecule has 0 spiro atoms. The molecule has 1 N–H and O–H groups in total. The molecule has 3 heteroatoms. The molecular weight excluding hydrogens is 366 g/mol. The van der Waals surface area contributed by atoms with E-state index in [1.807, 2.05) is 6.07 Å². The van der Waals surface area contributed by atoms with Gasteiger partial charge in [0.2, 0.25) is 0 Å². The summed E-state index contributed by atoms with van der Waals surface area (Å²) in [4.78, 5) is 2.80. The van der Waals surface area contributed by atoms with Crippen LogP contribution in [-0.4, -0.2) is 29.1 Å². The van der Waals surface area contributed by atoms with Crippen molar-refractivity contribution in [2.45, 2.75) is 63.3 Å². The Bertz CT molecular complexity index is 833. The Morgan fingerprint density at radius 2 is 1.89 bits per heavy atom. The Hall–Kier alpha value is -1.51. The van der Waals surface area contributed by atoms with Gasteiger partial charge in [-0.05, 0) is 80.3 Å². The first-order valence-electron chi connectivity index (χ1n) is 10.8. The van der Waals surface area contributed by atoms with Gasteiger partial charge in [-0.25, -0.2) is 0 Å². The number of phenolic OH excluding ortho intramolecular Hbond substituents is 1. The van der Waals surface area contributed by atoms with Gasteiger partial charge in [0, 0.05) is 18.0 Å². The van der Waals surface area contributed by atoms with Crippen molar-refractivity contribution in [3.63, 3.8) is 0 Å². The van der Waals surface area contributed by atoms with Gasteiger partial charge < -0.3 is 5.11 Å². The Morgan fingerprint density at radius 3 is 2.71 bits per heavy atom. The molecule has 1 aliphatic heterocycles. The number of aryl methyl sites for hydroxylation is 1. The lowest BCUT2D eigenvalue weighted by atomic mass is 9.52. The topological polar surface area (TPSA) is 23.5 Å². The summed E-state index contributed by atoms with van der Waals surface area (Å²) in [6.07, 6.45) is 8.98. The molecule has 1 saturated heterocycles. The summed E-state index contributed by atoms with van der Waals surface area (Å²) >= 11 is 0. The number of piperidine rings is 1. The number of nitrogens with zero attached hydrogens (tertiary/aromatic N) is 1. The number of rotatable bonds is 3. The Morgan fingerprint density at radius 1 is 1.07 bits per heavy atom. The number of fused-ring (bicyclic) bond motifs is 1. The van der Waals surface area contributed by atoms with Gasteiger partial charge in [0.1, 0.15) is 5.75 Å². The van der Waals surface area contributed by atoms with Crippen LogP contribution < -0.4 is 0 Å². The Labute approximate surface area is 175 Å². The van der Waals surface area contributed by atoms with Gasteiger partial charge in [0.15, 0.2) is 0 Å². The highest BCUT2D eigenvalue weighted by Crippen LogP contribution is 2.56. The fourth-order valence-electron chi connectivity index (χ4n) is 6.38. The number of phenols is 1. The van der Waals surface area contributed by atoms with Crippen molar-refractivity contribution in [1.82, 2.24) is 4.90 Å². The highest BCUT2D eigenvalue weighted by molar-refractivity contribution is 5.85. The minimum Gasteiger partial charge on any atom is -0.508 e. The van der Waals surface area contributed by atoms with Crippen molar-refractivity contribution in [1.29, 1.82) is 0 Å². The molecule has 2 aromatic rings. The van der Waals surface area contributed by atoms with Gasteiger partial charge in [-0.3, -0.25) is 4.90 Å². The number of hydrogen-bond donors (Lipinski definition) is 1. The van der Waals surface area contributed by atoms with E-state index in [-0.39, 0.29) is 12.4 Å². The van der Waals surface area contributed by atoms with Crippen molar-refractivity contribution in [2.24, 2.45) is 5.92 Å². The lowest BCUT2D eigenvalue weighted by molar-refractivity contribution is -0.0106. The van der Waals surface area contributed by atoms with E-state index < -0.39 is 0 Å². The predicted octanol–water partition coefficient (Wildman–Crippen LogP) is 5.42. The van der Waals surface area contributed by atoms with E-state index in [1.54, 1.807) is 0 Å². The van der Waals surface area contributed by atoms with Crippen LogP contribution in [0.3, 0.4) is 0 Å². The van der Waals surface area contributed by atoms with Crippen molar-refractivity contribution in [2.75, 3.05) is 13.1 Å². The fourth-order valence-corrected chi connectivity index (χ4v) is 6.38. The molecule has 0 amide bonds. The number of likely N-dealkylation sites (tertiary alicyclic amines) is 1. The van der Waals surface area contributed by atoms with Crippen LogP contribution in [0.25, 0.3) is 0 Å². The molecule has 150 valence electrons. The van der Waals surface area contributed by atoms with Crippen LogP contribution in [0.5, 0.6) is 5.75 Å². The van der Waals surface area contributed by atoms with E-state index in [1.165, 1.54) is 67.4 Å². The lowest BCUT2D eigenvalue weighted by Gasteiger charge is -2.59. The molecule has 3 aliphatic rings. The molecule has 5 rings (SSSR count). The summed E-state index contributed by atoms with van der Waals surface area (Å²) in [5.74, 6) is 1.22. The third kappa shape index (κ3) is 3.25. The molecule has 3 atom stereocenters. The molecule has 28 heavy (non-hydrogen) atoms. The maximum absolute atomic E-state index is 10.1. The molecule has 2 bridgehead atoms. The van der Waals surface area contributed by atoms with Crippen molar-refractivity contribution >= 4 is 12.4 Å². The standard InChI is InChI=1S/C25H31NO.ClH/c1-18-5-7-19(8-6-18)11-14-26-15-13-25-12-3-2-4-22(25)24(26)16-20-9-10-21(27)17-23(20)25;/h5-10,17,22,24,27H,2-4,11-16H2,1H3;1H/t22-,24-,25+;/m0./s1. The smallest absolute Gasteiger partial charge is 0.115 e. The normalized spacial score (nSPS) is 28.8. The van der Waals surface area contributed by atoms with Gasteiger partial charge in [0.25, 0.3) is 0 Å². The van der Waals surface area contributed by atoms with Crippen LogP contribution in [0.4, 0.5) is 0 Å². The third-order valence-corrected chi connectivity index (χ3v) is 7.74. The number of benzene rings is 2. The second-order valence-corrected chi connectivity index (χ2v) is 9.14. The third-order valence-electron chi connectivity index (χ3n) is 7.74. The zero-order chi connectivity index (χ0) is 18.4. The van der Waals surface area contributed by atoms with E-state index in [4.69, 9.17) is 0 Å². The monoisotopic (exact) mass is 397 g/mol. The summed E-state index contributed by atoms with van der Waals surface area (Å²) in [6.45, 7) is 4.55. The average molecular weight is 398 g/mol. The van der Waals surface area contributed by atoms with Gasteiger partial charge in [-0.2, -0.15) is 0 Å². The molecule has 0 aromatic heterocycles. The SMILES string of the molecule is Cc1ccc(CCN2CC[C@]34CCCC[C@H]3[C@@H]2Cc2ccc(O)cc24)cc1.Cl. The van der Waals surface area contributed by atoms with E-state index in [0.29, 0.717) is 17.2 Å². The van der Waals surface area contributed by atoms with Gasteiger partial charge in [0.05, 0.1) is 0 Å². The number of halogens is 1. The molecule has 1 heterocycles. The van der Waals surface area contributed by atoms with Crippen LogP contribution in [0.15, 0.2) is 42.5 Å². The first kappa shape index (κ1) is 19.8. The number of aromatic hydroxyl groups is 1. The molecule has 2 aliphatic carbocycles. The minimum atomic E-state index is 0. The zero-order valence-electron chi connectivity index (χ0n) is 16.9. The van der Waals surface area contributed by atoms with Gasteiger partial charge in [-0.15, -0.1) is 12.4 Å². The van der Waals surface area contributed by atoms with Crippen LogP contribution in [0.1, 0.15) is 54.4 Å². The quantitative estimate of drug-likeness (QED) is 0.747. The van der Waals surface area contributed by atoms with Crippen LogP contribution >= 0.6 is 12.4 Å². The highest BCUT2D eigenvalue weighted by atomic mass is 35.5. The van der Waals surface area contributed by atoms with Crippen molar-refractivity contribution in [3.05, 3.63) is 64.7 Å². The number of hydrogen-bond acceptors (Lipinski definition) is 2. The van der Waals surface area contributed by atoms with Crippen LogP contribution in [0, 0.1) is 12.8 Å². The molecule has 1 saturated carbocycles. The minimum absolute atomic E-state index is 0. The molecule has 0 radical (unpaired) electrons. The first-order chi connectivity index (χ1) is 13.2. The molecule has 2 fully saturated rings. The van der Waals surface area contributed by atoms with Crippen LogP contribution in [-0.2, 0) is 18.3 Å². The summed E-state index contributed by atoms with van der Waals surface area (Å²) in [5.41, 5.74) is 6.12. The summed E-state index contributed by atoms with van der Waals surface area (Å²) < 4.78 is 0. The predicted molar refractivity (Wildman–Crippen MR) is 118 cm³/mol.